The van der Waals surface area contributed by atoms with Crippen LogP contribution in [0.3, 0.4) is 0 Å². The number of anilines is 1. The van der Waals surface area contributed by atoms with Gasteiger partial charge in [-0.2, -0.15) is 0 Å². The molecule has 200 valence electrons. The number of hydrogen-bond donors (Lipinski definition) is 2. The Balaban J connectivity index is 1.24. The van der Waals surface area contributed by atoms with Crippen molar-refractivity contribution in [2.75, 3.05) is 58.7 Å². The van der Waals surface area contributed by atoms with Crippen LogP contribution in [-0.4, -0.2) is 88.3 Å². The molecule has 1 aliphatic rings. The summed E-state index contributed by atoms with van der Waals surface area (Å²) in [6, 6.07) is 18.0. The Morgan fingerprint density at radius 1 is 1.00 bits per heavy atom. The molecule has 3 heterocycles. The van der Waals surface area contributed by atoms with E-state index in [1.165, 1.54) is 0 Å². The number of benzene rings is 2. The number of piperazine rings is 1. The van der Waals surface area contributed by atoms with Gasteiger partial charge in [0.25, 0.3) is 0 Å². The lowest BCUT2D eigenvalue weighted by Crippen LogP contribution is -2.47. The molecule has 38 heavy (non-hydrogen) atoms. The molecule has 1 unspecified atom stereocenters. The molecule has 9 heteroatoms. The third-order valence-corrected chi connectivity index (χ3v) is 7.06. The lowest BCUT2D eigenvalue weighted by Gasteiger charge is -2.37. The summed E-state index contributed by atoms with van der Waals surface area (Å²) in [5.41, 5.74) is 3.34. The minimum absolute atomic E-state index is 0.647. The van der Waals surface area contributed by atoms with Gasteiger partial charge in [-0.25, -0.2) is 9.97 Å². The summed E-state index contributed by atoms with van der Waals surface area (Å²) in [5.74, 6) is 2.36. The SMILES string of the molecule is Cc1onc(-c2ccccc2)c1C(O)N1CCN(Cc2nc(NCCCN(C)C)c3ccccc3n2)CC1. The molecule has 0 saturated carbocycles. The summed E-state index contributed by atoms with van der Waals surface area (Å²) in [6.07, 6.45) is 0.274. The molecule has 1 fully saturated rings. The van der Waals surface area contributed by atoms with E-state index < -0.39 is 6.23 Å². The van der Waals surface area contributed by atoms with Crippen LogP contribution in [0.4, 0.5) is 5.82 Å². The van der Waals surface area contributed by atoms with E-state index in [0.717, 1.165) is 79.4 Å². The first-order valence-electron chi connectivity index (χ1n) is 13.3. The summed E-state index contributed by atoms with van der Waals surface area (Å²) in [7, 11) is 4.18. The Hall–Kier alpha value is -3.37. The topological polar surface area (TPSA) is 93.8 Å². The van der Waals surface area contributed by atoms with Gasteiger partial charge in [-0.05, 0) is 46.1 Å². The van der Waals surface area contributed by atoms with Crippen molar-refractivity contribution in [3.05, 3.63) is 71.7 Å². The lowest BCUT2D eigenvalue weighted by atomic mass is 10.0. The highest BCUT2D eigenvalue weighted by Crippen LogP contribution is 2.32. The molecule has 9 nitrogen and oxygen atoms in total. The first-order chi connectivity index (χ1) is 18.5. The maximum absolute atomic E-state index is 11.3. The zero-order chi connectivity index (χ0) is 26.5. The van der Waals surface area contributed by atoms with Crippen LogP contribution in [0.25, 0.3) is 22.2 Å². The Morgan fingerprint density at radius 2 is 1.74 bits per heavy atom. The van der Waals surface area contributed by atoms with Crippen molar-refractivity contribution in [3.8, 4) is 11.3 Å². The monoisotopic (exact) mass is 515 g/mol. The maximum Gasteiger partial charge on any atom is 0.145 e. The van der Waals surface area contributed by atoms with E-state index in [2.05, 4.69) is 45.3 Å². The predicted octanol–water partition coefficient (Wildman–Crippen LogP) is 3.77. The van der Waals surface area contributed by atoms with Gasteiger partial charge in [-0.15, -0.1) is 0 Å². The number of aromatic nitrogens is 3. The molecule has 1 atom stereocenters. The summed E-state index contributed by atoms with van der Waals surface area (Å²) in [4.78, 5) is 16.4. The summed E-state index contributed by atoms with van der Waals surface area (Å²) in [5, 5.41) is 20.1. The molecule has 0 amide bonds. The minimum atomic E-state index is -0.770. The van der Waals surface area contributed by atoms with Gasteiger partial charge in [0.05, 0.1) is 17.6 Å². The maximum atomic E-state index is 11.3. The molecule has 0 aliphatic carbocycles. The number of aliphatic hydroxyl groups excluding tert-OH is 1. The van der Waals surface area contributed by atoms with E-state index in [-0.39, 0.29) is 0 Å². The number of aryl methyl sites for hydroxylation is 1. The molecule has 1 saturated heterocycles. The second-order valence-corrected chi connectivity index (χ2v) is 10.1. The number of nitrogens with zero attached hydrogens (tertiary/aromatic N) is 6. The molecule has 0 radical (unpaired) electrons. The first-order valence-corrected chi connectivity index (χ1v) is 13.3. The van der Waals surface area contributed by atoms with Crippen molar-refractivity contribution < 1.29 is 9.63 Å². The highest BCUT2D eigenvalue weighted by atomic mass is 16.5. The van der Waals surface area contributed by atoms with Crippen molar-refractivity contribution in [2.45, 2.75) is 26.1 Å². The van der Waals surface area contributed by atoms with Gasteiger partial charge in [-0.1, -0.05) is 47.6 Å². The number of nitrogens with one attached hydrogen (secondary N) is 1. The van der Waals surface area contributed by atoms with Gasteiger partial charge in [0.2, 0.25) is 0 Å². The quantitative estimate of drug-likeness (QED) is 0.306. The number of rotatable bonds is 10. The zero-order valence-corrected chi connectivity index (χ0v) is 22.5. The van der Waals surface area contributed by atoms with E-state index in [9.17, 15) is 5.11 Å². The molecule has 2 aromatic carbocycles. The average Bonchev–Trinajstić information content (AvgIpc) is 3.32. The normalized spacial score (nSPS) is 15.8. The van der Waals surface area contributed by atoms with Crippen LogP contribution in [0.5, 0.6) is 0 Å². The predicted molar refractivity (Wildman–Crippen MR) is 150 cm³/mol. The highest BCUT2D eigenvalue weighted by molar-refractivity contribution is 5.88. The van der Waals surface area contributed by atoms with E-state index >= 15 is 0 Å². The number of para-hydroxylation sites is 1. The van der Waals surface area contributed by atoms with Crippen LogP contribution >= 0.6 is 0 Å². The molecular weight excluding hydrogens is 478 g/mol. The second-order valence-electron chi connectivity index (χ2n) is 10.1. The number of aliphatic hydroxyl groups is 1. The molecule has 1 aliphatic heterocycles. The second kappa shape index (κ2) is 12.0. The van der Waals surface area contributed by atoms with Crippen molar-refractivity contribution in [2.24, 2.45) is 0 Å². The van der Waals surface area contributed by atoms with Crippen LogP contribution in [0, 0.1) is 6.92 Å². The molecule has 0 bridgehead atoms. The van der Waals surface area contributed by atoms with E-state index in [1.54, 1.807) is 0 Å². The Morgan fingerprint density at radius 3 is 2.50 bits per heavy atom. The van der Waals surface area contributed by atoms with Crippen LogP contribution in [0.2, 0.25) is 0 Å². The third-order valence-electron chi connectivity index (χ3n) is 7.06. The summed E-state index contributed by atoms with van der Waals surface area (Å²) in [6.45, 7) is 7.49. The van der Waals surface area contributed by atoms with Crippen molar-refractivity contribution in [3.63, 3.8) is 0 Å². The molecule has 0 spiro atoms. The zero-order valence-electron chi connectivity index (χ0n) is 22.5. The molecule has 2 aromatic heterocycles. The Bertz CT molecular complexity index is 1330. The van der Waals surface area contributed by atoms with Gasteiger partial charge in [0, 0.05) is 43.7 Å². The summed E-state index contributed by atoms with van der Waals surface area (Å²) >= 11 is 0. The molecular formula is C29H37N7O2. The molecule has 2 N–H and O–H groups in total. The van der Waals surface area contributed by atoms with Gasteiger partial charge in [0.15, 0.2) is 0 Å². The van der Waals surface area contributed by atoms with Crippen molar-refractivity contribution >= 4 is 16.7 Å². The first kappa shape index (κ1) is 26.2. The highest BCUT2D eigenvalue weighted by Gasteiger charge is 2.29. The van der Waals surface area contributed by atoms with E-state index in [0.29, 0.717) is 18.0 Å². The van der Waals surface area contributed by atoms with Gasteiger partial charge < -0.3 is 19.8 Å². The largest absolute Gasteiger partial charge is 0.374 e. The Labute approximate surface area is 224 Å². The van der Waals surface area contributed by atoms with Crippen LogP contribution in [0.1, 0.15) is 29.8 Å². The van der Waals surface area contributed by atoms with E-state index in [4.69, 9.17) is 14.5 Å². The number of hydrogen-bond acceptors (Lipinski definition) is 9. The van der Waals surface area contributed by atoms with Crippen LogP contribution in [-0.2, 0) is 6.54 Å². The van der Waals surface area contributed by atoms with Crippen molar-refractivity contribution in [1.82, 2.24) is 29.8 Å². The average molecular weight is 516 g/mol. The fraction of sp³-hybridized carbons (Fsp3) is 0.414. The standard InChI is InChI=1S/C29H37N7O2/c1-21-26(27(33-38-21)22-10-5-4-6-11-22)29(37)36-18-16-35(17-19-36)20-25-31-24-13-8-7-12-23(24)28(32-25)30-14-9-15-34(2)3/h4-8,10-13,29,37H,9,14-20H2,1-3H3,(H,30,31,32). The number of fused-ring (bicyclic) bond motifs is 1. The Kier molecular flexibility index (Phi) is 8.29. The fourth-order valence-corrected chi connectivity index (χ4v) is 4.97. The van der Waals surface area contributed by atoms with E-state index in [1.807, 2.05) is 55.5 Å². The summed E-state index contributed by atoms with van der Waals surface area (Å²) < 4.78 is 5.48. The van der Waals surface area contributed by atoms with Gasteiger partial charge in [-0.3, -0.25) is 9.80 Å². The third kappa shape index (κ3) is 6.02. The van der Waals surface area contributed by atoms with Gasteiger partial charge in [0.1, 0.15) is 29.3 Å². The fourth-order valence-electron chi connectivity index (χ4n) is 4.97. The smallest absolute Gasteiger partial charge is 0.145 e. The van der Waals surface area contributed by atoms with Gasteiger partial charge >= 0.3 is 0 Å². The molecule has 5 rings (SSSR count). The van der Waals surface area contributed by atoms with Crippen LogP contribution < -0.4 is 5.32 Å². The molecule has 4 aromatic rings. The van der Waals surface area contributed by atoms with Crippen LogP contribution in [0.15, 0.2) is 59.1 Å². The lowest BCUT2D eigenvalue weighted by molar-refractivity contribution is -0.0293. The van der Waals surface area contributed by atoms with Crippen molar-refractivity contribution in [1.29, 1.82) is 0 Å². The minimum Gasteiger partial charge on any atom is -0.374 e.